The molecular weight excluding hydrogens is 172 g/mol. The summed E-state index contributed by atoms with van der Waals surface area (Å²) in [5.41, 5.74) is 6.28. The fourth-order valence-electron chi connectivity index (χ4n) is 1.90. The number of hydrogen-bond donors (Lipinski definition) is 1. The van der Waals surface area contributed by atoms with Crippen molar-refractivity contribution in [3.8, 4) is 0 Å². The van der Waals surface area contributed by atoms with E-state index in [0.717, 1.165) is 6.42 Å². The minimum absolute atomic E-state index is 0.611. The van der Waals surface area contributed by atoms with Crippen LogP contribution in [-0.2, 0) is 12.8 Å². The van der Waals surface area contributed by atoms with Crippen LogP contribution >= 0.6 is 0 Å². The van der Waals surface area contributed by atoms with Crippen LogP contribution in [0.2, 0.25) is 0 Å². The maximum Gasteiger partial charge on any atom is 0.0863 e. The summed E-state index contributed by atoms with van der Waals surface area (Å²) >= 11 is 0. The second-order valence-electron chi connectivity index (χ2n) is 3.92. The summed E-state index contributed by atoms with van der Waals surface area (Å²) in [6.07, 6.45) is 4.16. The van der Waals surface area contributed by atoms with Gasteiger partial charge in [-0.25, -0.2) is 10.4 Å². The van der Waals surface area contributed by atoms with Gasteiger partial charge in [0.2, 0.25) is 0 Å². The Bertz CT molecular complexity index is 309. The Morgan fingerprint density at radius 1 is 1.29 bits per heavy atom. The van der Waals surface area contributed by atoms with Gasteiger partial charge in [0.15, 0.2) is 0 Å². The van der Waals surface area contributed by atoms with Crippen LogP contribution in [0.4, 0.5) is 0 Å². The van der Waals surface area contributed by atoms with Gasteiger partial charge in [-0.15, -0.1) is 0 Å². The molecule has 14 heavy (non-hydrogen) atoms. The third kappa shape index (κ3) is 2.14. The maximum atomic E-state index is 3.27. The first-order chi connectivity index (χ1) is 6.81. The van der Waals surface area contributed by atoms with Crippen molar-refractivity contribution < 1.29 is 0 Å². The van der Waals surface area contributed by atoms with E-state index in [-0.39, 0.29) is 0 Å². The average Bonchev–Trinajstić information content (AvgIpc) is 2.92. The van der Waals surface area contributed by atoms with E-state index in [9.17, 15) is 0 Å². The molecule has 0 aromatic heterocycles. The molecule has 0 amide bonds. The van der Waals surface area contributed by atoms with E-state index in [2.05, 4.69) is 48.7 Å². The van der Waals surface area contributed by atoms with Gasteiger partial charge < -0.3 is 0 Å². The lowest BCUT2D eigenvalue weighted by Gasteiger charge is -2.05. The molecule has 2 rings (SSSR count). The zero-order valence-electron chi connectivity index (χ0n) is 8.96. The molecule has 76 valence electrons. The first-order valence-electron chi connectivity index (χ1n) is 5.37. The third-order valence-electron chi connectivity index (χ3n) is 2.94. The second-order valence-corrected chi connectivity index (χ2v) is 3.92. The zero-order chi connectivity index (χ0) is 9.97. The van der Waals surface area contributed by atoms with Gasteiger partial charge >= 0.3 is 0 Å². The molecule has 1 heterocycles. The number of rotatable bonds is 4. The normalized spacial score (nSPS) is 25.0. The van der Waals surface area contributed by atoms with Crippen molar-refractivity contribution in [2.45, 2.75) is 32.4 Å². The molecule has 0 spiro atoms. The van der Waals surface area contributed by atoms with Gasteiger partial charge in [-0.1, -0.05) is 31.2 Å². The molecule has 1 saturated heterocycles. The monoisotopic (exact) mass is 190 g/mol. The molecule has 1 aliphatic rings. The van der Waals surface area contributed by atoms with Crippen molar-refractivity contribution in [2.24, 2.45) is 0 Å². The largest absolute Gasteiger partial charge is 0.235 e. The van der Waals surface area contributed by atoms with Gasteiger partial charge in [-0.3, -0.25) is 0 Å². The fraction of sp³-hybridized carbons (Fsp3) is 0.500. The van der Waals surface area contributed by atoms with Gasteiger partial charge in [0.1, 0.15) is 0 Å². The van der Waals surface area contributed by atoms with Crippen LogP contribution in [0.5, 0.6) is 0 Å². The van der Waals surface area contributed by atoms with Crippen molar-refractivity contribution in [3.63, 3.8) is 0 Å². The Hall–Kier alpha value is -0.860. The zero-order valence-corrected chi connectivity index (χ0v) is 8.96. The fourth-order valence-corrected chi connectivity index (χ4v) is 1.90. The van der Waals surface area contributed by atoms with Crippen LogP contribution < -0.4 is 5.43 Å². The lowest BCUT2D eigenvalue weighted by atomic mass is 10.0. The number of aryl methyl sites for hydroxylation is 2. The summed E-state index contributed by atoms with van der Waals surface area (Å²) < 4.78 is 0. The highest BCUT2D eigenvalue weighted by atomic mass is 15.7. The van der Waals surface area contributed by atoms with Crippen molar-refractivity contribution in [3.05, 3.63) is 35.4 Å². The molecule has 0 radical (unpaired) electrons. The van der Waals surface area contributed by atoms with E-state index < -0.39 is 0 Å². The molecule has 2 atom stereocenters. The van der Waals surface area contributed by atoms with Crippen molar-refractivity contribution >= 4 is 0 Å². The van der Waals surface area contributed by atoms with Gasteiger partial charge in [-0.2, -0.15) is 0 Å². The maximum absolute atomic E-state index is 3.27. The lowest BCUT2D eigenvalue weighted by Crippen LogP contribution is -1.99. The summed E-state index contributed by atoms with van der Waals surface area (Å²) in [5, 5.41) is 2.16. The van der Waals surface area contributed by atoms with Crippen LogP contribution in [0.1, 0.15) is 24.5 Å². The van der Waals surface area contributed by atoms with E-state index in [0.29, 0.717) is 6.17 Å². The minimum Gasteiger partial charge on any atom is -0.235 e. The van der Waals surface area contributed by atoms with E-state index in [1.54, 1.807) is 0 Å². The van der Waals surface area contributed by atoms with Crippen LogP contribution in [0.25, 0.3) is 0 Å². The number of nitrogens with zero attached hydrogens (tertiary/aromatic N) is 1. The Kier molecular flexibility index (Phi) is 2.85. The molecule has 2 heteroatoms. The highest BCUT2D eigenvalue weighted by Crippen LogP contribution is 2.16. The number of hydrazine groups is 1. The highest BCUT2D eigenvalue weighted by molar-refractivity contribution is 5.27. The van der Waals surface area contributed by atoms with Crippen LogP contribution in [0, 0.1) is 0 Å². The first-order valence-corrected chi connectivity index (χ1v) is 5.37. The molecule has 0 bridgehead atoms. The van der Waals surface area contributed by atoms with Gasteiger partial charge in [0, 0.05) is 7.05 Å². The van der Waals surface area contributed by atoms with Gasteiger partial charge in [0.25, 0.3) is 0 Å². The summed E-state index contributed by atoms with van der Waals surface area (Å²) in [6, 6.07) is 8.75. The summed E-state index contributed by atoms with van der Waals surface area (Å²) in [5.74, 6) is 0. The van der Waals surface area contributed by atoms with Crippen LogP contribution in [0.3, 0.4) is 0 Å². The standard InChI is InChI=1S/C12H18N2/c1-3-10-6-4-5-7-11(10)8-9-12-13-14(12)2/h4-7,12-13H,3,8-9H2,1-2H3. The Morgan fingerprint density at radius 3 is 2.50 bits per heavy atom. The lowest BCUT2D eigenvalue weighted by molar-refractivity contribution is 0.569. The smallest absolute Gasteiger partial charge is 0.0863 e. The average molecular weight is 190 g/mol. The van der Waals surface area contributed by atoms with Crippen molar-refractivity contribution in [1.82, 2.24) is 10.4 Å². The van der Waals surface area contributed by atoms with E-state index >= 15 is 0 Å². The van der Waals surface area contributed by atoms with Crippen molar-refractivity contribution in [1.29, 1.82) is 0 Å². The van der Waals surface area contributed by atoms with Gasteiger partial charge in [0.05, 0.1) is 6.17 Å². The van der Waals surface area contributed by atoms with E-state index in [1.807, 2.05) is 0 Å². The third-order valence-corrected chi connectivity index (χ3v) is 2.94. The number of hydrogen-bond acceptors (Lipinski definition) is 2. The summed E-state index contributed by atoms with van der Waals surface area (Å²) in [6.45, 7) is 2.22. The quantitative estimate of drug-likeness (QED) is 0.734. The number of nitrogens with one attached hydrogen (secondary N) is 1. The molecule has 0 aliphatic carbocycles. The molecular formula is C12H18N2. The molecule has 1 fully saturated rings. The Morgan fingerprint density at radius 2 is 1.93 bits per heavy atom. The van der Waals surface area contributed by atoms with E-state index in [1.165, 1.54) is 24.0 Å². The highest BCUT2D eigenvalue weighted by Gasteiger charge is 2.27. The predicted octanol–water partition coefficient (Wildman–Crippen LogP) is 1.96. The first kappa shape index (κ1) is 9.69. The Balaban J connectivity index is 1.94. The number of benzene rings is 1. The molecule has 1 aromatic carbocycles. The summed E-state index contributed by atoms with van der Waals surface area (Å²) in [7, 11) is 2.09. The topological polar surface area (TPSA) is 25.0 Å². The molecule has 1 N–H and O–H groups in total. The van der Waals surface area contributed by atoms with Crippen LogP contribution in [0.15, 0.2) is 24.3 Å². The molecule has 1 aromatic rings. The van der Waals surface area contributed by atoms with E-state index in [4.69, 9.17) is 0 Å². The second kappa shape index (κ2) is 4.11. The Labute approximate surface area is 85.9 Å². The molecule has 0 saturated carbocycles. The van der Waals surface area contributed by atoms with Crippen molar-refractivity contribution in [2.75, 3.05) is 7.05 Å². The van der Waals surface area contributed by atoms with Crippen LogP contribution in [-0.4, -0.2) is 18.2 Å². The summed E-state index contributed by atoms with van der Waals surface area (Å²) in [4.78, 5) is 0. The minimum atomic E-state index is 0.611. The SMILES string of the molecule is CCc1ccccc1CCC1NN1C. The molecule has 1 aliphatic heterocycles. The molecule has 2 nitrogen and oxygen atoms in total. The predicted molar refractivity (Wildman–Crippen MR) is 58.8 cm³/mol. The van der Waals surface area contributed by atoms with Gasteiger partial charge in [-0.05, 0) is 30.4 Å². The molecule has 2 unspecified atom stereocenters.